The summed E-state index contributed by atoms with van der Waals surface area (Å²) in [7, 11) is 4.24. The van der Waals surface area contributed by atoms with Crippen molar-refractivity contribution in [1.82, 2.24) is 10.2 Å². The Morgan fingerprint density at radius 1 is 1.22 bits per heavy atom. The van der Waals surface area contributed by atoms with E-state index in [9.17, 15) is 4.79 Å². The molecule has 1 N–H and O–H groups in total. The number of ether oxygens (including phenoxy) is 1. The fraction of sp³-hybridized carbons (Fsp3) is 0.632. The molecule has 1 amide bonds. The molecule has 1 aromatic carbocycles. The molecule has 0 radical (unpaired) electrons. The number of hydrogen-bond donors (Lipinski definition) is 1. The Kier molecular flexibility index (Phi) is 6.46. The predicted octanol–water partition coefficient (Wildman–Crippen LogP) is 3.47. The molecule has 4 nitrogen and oxygen atoms in total. The first-order valence-electron chi connectivity index (χ1n) is 8.76. The van der Waals surface area contributed by atoms with E-state index >= 15 is 0 Å². The average Bonchev–Trinajstić information content (AvgIpc) is 2.58. The first kappa shape index (κ1) is 17.8. The standard InChI is InChI=1S/C19H30N2O2/c1-4-14-23-17-11-7-6-10-16(17)18(22)20-15-19(21(2)3)12-8-5-9-13-19/h6-7,10-11H,4-5,8-9,12-15H2,1-3H3,(H,20,22). The maximum Gasteiger partial charge on any atom is 0.255 e. The Hall–Kier alpha value is -1.55. The topological polar surface area (TPSA) is 41.6 Å². The normalized spacial score (nSPS) is 17.0. The summed E-state index contributed by atoms with van der Waals surface area (Å²) in [5.74, 6) is 0.637. The SMILES string of the molecule is CCCOc1ccccc1C(=O)NCC1(N(C)C)CCCCC1. The van der Waals surface area contributed by atoms with Crippen molar-refractivity contribution in [2.75, 3.05) is 27.2 Å². The number of hydrogen-bond acceptors (Lipinski definition) is 3. The van der Waals surface area contributed by atoms with E-state index in [-0.39, 0.29) is 11.4 Å². The van der Waals surface area contributed by atoms with Crippen molar-refractivity contribution in [3.05, 3.63) is 29.8 Å². The molecule has 0 aromatic heterocycles. The van der Waals surface area contributed by atoms with E-state index in [0.717, 1.165) is 19.3 Å². The second-order valence-electron chi connectivity index (χ2n) is 6.71. The highest BCUT2D eigenvalue weighted by atomic mass is 16.5. The first-order chi connectivity index (χ1) is 11.1. The summed E-state index contributed by atoms with van der Waals surface area (Å²) in [4.78, 5) is 14.9. The predicted molar refractivity (Wildman–Crippen MR) is 94.1 cm³/mol. The molecule has 1 fully saturated rings. The average molecular weight is 318 g/mol. The summed E-state index contributed by atoms with van der Waals surface area (Å²) in [6.45, 7) is 3.39. The van der Waals surface area contributed by atoms with Gasteiger partial charge in [0.15, 0.2) is 0 Å². The molecule has 1 aromatic rings. The van der Waals surface area contributed by atoms with E-state index in [4.69, 9.17) is 4.74 Å². The van der Waals surface area contributed by atoms with Gasteiger partial charge in [-0.2, -0.15) is 0 Å². The third-order valence-corrected chi connectivity index (χ3v) is 4.90. The summed E-state index contributed by atoms with van der Waals surface area (Å²) in [5.41, 5.74) is 0.721. The summed E-state index contributed by atoms with van der Waals surface area (Å²) in [5, 5.41) is 3.15. The molecule has 0 aliphatic heterocycles. The number of amides is 1. The minimum atomic E-state index is -0.0384. The van der Waals surface area contributed by atoms with Gasteiger partial charge in [-0.1, -0.05) is 38.3 Å². The molecular weight excluding hydrogens is 288 g/mol. The molecule has 0 saturated heterocycles. The zero-order chi connectivity index (χ0) is 16.7. The molecule has 1 saturated carbocycles. The summed E-state index contributed by atoms with van der Waals surface area (Å²) in [6.07, 6.45) is 7.01. The maximum atomic E-state index is 12.6. The van der Waals surface area contributed by atoms with Crippen LogP contribution in [-0.2, 0) is 0 Å². The highest BCUT2D eigenvalue weighted by molar-refractivity contribution is 5.96. The van der Waals surface area contributed by atoms with Gasteiger partial charge in [-0.05, 0) is 45.5 Å². The van der Waals surface area contributed by atoms with E-state index in [1.165, 1.54) is 19.3 Å². The molecule has 0 unspecified atom stereocenters. The van der Waals surface area contributed by atoms with Crippen LogP contribution in [0.4, 0.5) is 0 Å². The lowest BCUT2D eigenvalue weighted by atomic mass is 9.80. The lowest BCUT2D eigenvalue weighted by molar-refractivity contribution is 0.0797. The van der Waals surface area contributed by atoms with Gasteiger partial charge in [-0.25, -0.2) is 0 Å². The van der Waals surface area contributed by atoms with Gasteiger partial charge in [-0.3, -0.25) is 4.79 Å². The van der Waals surface area contributed by atoms with Gasteiger partial charge in [0.25, 0.3) is 5.91 Å². The maximum absolute atomic E-state index is 12.6. The minimum Gasteiger partial charge on any atom is -0.493 e. The molecule has 1 aliphatic carbocycles. The Morgan fingerprint density at radius 3 is 2.57 bits per heavy atom. The Balaban J connectivity index is 2.04. The van der Waals surface area contributed by atoms with Crippen LogP contribution in [0.15, 0.2) is 24.3 Å². The van der Waals surface area contributed by atoms with E-state index in [1.54, 1.807) is 0 Å². The molecule has 23 heavy (non-hydrogen) atoms. The van der Waals surface area contributed by atoms with Crippen LogP contribution in [0.3, 0.4) is 0 Å². The van der Waals surface area contributed by atoms with Crippen molar-refractivity contribution >= 4 is 5.91 Å². The van der Waals surface area contributed by atoms with Gasteiger partial charge in [0.05, 0.1) is 12.2 Å². The monoisotopic (exact) mass is 318 g/mol. The van der Waals surface area contributed by atoms with Crippen LogP contribution in [0.25, 0.3) is 0 Å². The Labute approximate surface area is 140 Å². The van der Waals surface area contributed by atoms with Crippen molar-refractivity contribution in [3.63, 3.8) is 0 Å². The second-order valence-corrected chi connectivity index (χ2v) is 6.71. The molecule has 1 aliphatic rings. The van der Waals surface area contributed by atoms with E-state index < -0.39 is 0 Å². The molecule has 0 bridgehead atoms. The van der Waals surface area contributed by atoms with Crippen LogP contribution in [0.5, 0.6) is 5.75 Å². The van der Waals surface area contributed by atoms with Crippen LogP contribution >= 0.6 is 0 Å². The van der Waals surface area contributed by atoms with Gasteiger partial charge in [0.2, 0.25) is 0 Å². The van der Waals surface area contributed by atoms with Gasteiger partial charge in [0, 0.05) is 12.1 Å². The highest BCUT2D eigenvalue weighted by Gasteiger charge is 2.34. The second kappa shape index (κ2) is 8.34. The van der Waals surface area contributed by atoms with Crippen molar-refractivity contribution in [3.8, 4) is 5.75 Å². The van der Waals surface area contributed by atoms with Crippen molar-refractivity contribution in [1.29, 1.82) is 0 Å². The number of benzene rings is 1. The fourth-order valence-corrected chi connectivity index (χ4v) is 3.32. The molecule has 0 atom stereocenters. The third kappa shape index (κ3) is 4.47. The number of para-hydroxylation sites is 1. The van der Waals surface area contributed by atoms with Gasteiger partial charge < -0.3 is 15.0 Å². The van der Waals surface area contributed by atoms with Crippen LogP contribution < -0.4 is 10.1 Å². The quantitative estimate of drug-likeness (QED) is 0.837. The number of rotatable bonds is 7. The summed E-state index contributed by atoms with van der Waals surface area (Å²) in [6, 6.07) is 7.50. The highest BCUT2D eigenvalue weighted by Crippen LogP contribution is 2.31. The Morgan fingerprint density at radius 2 is 1.91 bits per heavy atom. The smallest absolute Gasteiger partial charge is 0.255 e. The zero-order valence-electron chi connectivity index (χ0n) is 14.7. The number of carbonyl (C=O) groups is 1. The first-order valence-corrected chi connectivity index (χ1v) is 8.76. The lowest BCUT2D eigenvalue weighted by Crippen LogP contribution is -2.53. The number of nitrogens with zero attached hydrogens (tertiary/aromatic N) is 1. The summed E-state index contributed by atoms with van der Waals surface area (Å²) >= 11 is 0. The number of carbonyl (C=O) groups excluding carboxylic acids is 1. The van der Waals surface area contributed by atoms with Crippen molar-refractivity contribution in [2.24, 2.45) is 0 Å². The van der Waals surface area contributed by atoms with Crippen LogP contribution in [0.2, 0.25) is 0 Å². The third-order valence-electron chi connectivity index (χ3n) is 4.90. The number of likely N-dealkylation sites (N-methyl/N-ethyl adjacent to an activating group) is 1. The van der Waals surface area contributed by atoms with Crippen molar-refractivity contribution < 1.29 is 9.53 Å². The van der Waals surface area contributed by atoms with Gasteiger partial charge >= 0.3 is 0 Å². The number of nitrogens with one attached hydrogen (secondary N) is 1. The fourth-order valence-electron chi connectivity index (χ4n) is 3.32. The van der Waals surface area contributed by atoms with Gasteiger partial charge in [-0.15, -0.1) is 0 Å². The summed E-state index contributed by atoms with van der Waals surface area (Å²) < 4.78 is 5.70. The van der Waals surface area contributed by atoms with E-state index in [2.05, 4.69) is 31.2 Å². The Bertz CT molecular complexity index is 508. The minimum absolute atomic E-state index is 0.0384. The lowest BCUT2D eigenvalue weighted by Gasteiger charge is -2.43. The molecular formula is C19H30N2O2. The zero-order valence-corrected chi connectivity index (χ0v) is 14.7. The van der Waals surface area contributed by atoms with E-state index in [1.807, 2.05) is 24.3 Å². The molecule has 0 heterocycles. The van der Waals surface area contributed by atoms with Crippen LogP contribution in [0.1, 0.15) is 55.8 Å². The van der Waals surface area contributed by atoms with Crippen LogP contribution in [0, 0.1) is 0 Å². The van der Waals surface area contributed by atoms with Crippen molar-refractivity contribution in [2.45, 2.75) is 51.0 Å². The molecule has 0 spiro atoms. The van der Waals surface area contributed by atoms with Crippen LogP contribution in [-0.4, -0.2) is 43.6 Å². The molecule has 4 heteroatoms. The largest absolute Gasteiger partial charge is 0.493 e. The van der Waals surface area contributed by atoms with Gasteiger partial charge in [0.1, 0.15) is 5.75 Å². The molecule has 128 valence electrons. The molecule has 2 rings (SSSR count). The van der Waals surface area contributed by atoms with E-state index in [0.29, 0.717) is 24.5 Å².